The number of rotatable bonds is 7. The lowest BCUT2D eigenvalue weighted by molar-refractivity contribution is -0.137. The molecule has 0 radical (unpaired) electrons. The van der Waals surface area contributed by atoms with Crippen LogP contribution in [0, 0.1) is 0 Å². The van der Waals surface area contributed by atoms with Gasteiger partial charge < -0.3 is 15.5 Å². The third kappa shape index (κ3) is 5.83. The molecule has 11 heteroatoms. The van der Waals surface area contributed by atoms with E-state index in [1.54, 1.807) is 0 Å². The fraction of sp³-hybridized carbons (Fsp3) is 0.583. The van der Waals surface area contributed by atoms with Crippen LogP contribution in [0.1, 0.15) is 44.6 Å². The summed E-state index contributed by atoms with van der Waals surface area (Å²) >= 11 is 0. The van der Waals surface area contributed by atoms with E-state index in [1.165, 1.54) is 12.4 Å². The highest BCUT2D eigenvalue weighted by atomic mass is 19.4. The zero-order valence-electron chi connectivity index (χ0n) is 19.9. The number of carbonyl (C=O) groups excluding carboxylic acids is 2. The molecule has 1 aliphatic carbocycles. The number of alkyl halides is 3. The average molecular weight is 493 g/mol. The van der Waals surface area contributed by atoms with Gasteiger partial charge in [-0.3, -0.25) is 14.5 Å². The van der Waals surface area contributed by atoms with Crippen molar-refractivity contribution in [1.82, 2.24) is 25.1 Å². The molecule has 0 unspecified atom stereocenters. The van der Waals surface area contributed by atoms with E-state index in [2.05, 4.69) is 25.5 Å². The molecule has 0 bridgehead atoms. The number of aromatic nitrogens is 2. The molecular weight excluding hydrogens is 461 g/mol. The smallest absolute Gasteiger partial charge is 0.360 e. The topological polar surface area (TPSA) is 90.5 Å². The lowest BCUT2D eigenvalue weighted by Crippen LogP contribution is -2.63. The summed E-state index contributed by atoms with van der Waals surface area (Å²) in [7, 11) is 1.89. The van der Waals surface area contributed by atoms with E-state index in [9.17, 15) is 22.8 Å². The zero-order chi connectivity index (χ0) is 25.2. The second-order valence-electron chi connectivity index (χ2n) is 9.34. The number of hydrogen-bond donors (Lipinski definition) is 2. The minimum Gasteiger partial charge on any atom is -0.360 e. The maximum absolute atomic E-state index is 13.1. The molecule has 4 rings (SSSR count). The van der Waals surface area contributed by atoms with Crippen molar-refractivity contribution in [3.05, 3.63) is 30.1 Å². The van der Waals surface area contributed by atoms with Gasteiger partial charge in [-0.1, -0.05) is 6.92 Å². The highest BCUT2D eigenvalue weighted by Crippen LogP contribution is 2.32. The number of nitrogens with one attached hydrogen (secondary N) is 2. The molecule has 2 heterocycles. The fourth-order valence-electron chi connectivity index (χ4n) is 4.98. The van der Waals surface area contributed by atoms with Crippen LogP contribution in [-0.4, -0.2) is 76.4 Å². The first-order valence-corrected chi connectivity index (χ1v) is 12.0. The van der Waals surface area contributed by atoms with E-state index >= 15 is 0 Å². The van der Waals surface area contributed by atoms with Crippen LogP contribution in [0.3, 0.4) is 0 Å². The Morgan fingerprint density at radius 3 is 2.51 bits per heavy atom. The first-order valence-electron chi connectivity index (χ1n) is 12.0. The van der Waals surface area contributed by atoms with Gasteiger partial charge in [0, 0.05) is 44.0 Å². The minimum absolute atomic E-state index is 0.0466. The van der Waals surface area contributed by atoms with Crippen LogP contribution in [0.4, 0.5) is 19.0 Å². The van der Waals surface area contributed by atoms with Crippen molar-refractivity contribution < 1.29 is 22.8 Å². The van der Waals surface area contributed by atoms with Gasteiger partial charge in [0.05, 0.1) is 23.7 Å². The van der Waals surface area contributed by atoms with Crippen molar-refractivity contribution in [2.45, 2.75) is 63.3 Å². The molecule has 1 aromatic carbocycles. The van der Waals surface area contributed by atoms with Crippen molar-refractivity contribution in [2.75, 3.05) is 32.0 Å². The zero-order valence-corrected chi connectivity index (χ0v) is 19.9. The molecule has 1 aromatic heterocycles. The van der Waals surface area contributed by atoms with Crippen molar-refractivity contribution in [2.24, 2.45) is 0 Å². The lowest BCUT2D eigenvalue weighted by atomic mass is 9.87. The second-order valence-corrected chi connectivity index (χ2v) is 9.34. The van der Waals surface area contributed by atoms with Crippen LogP contribution >= 0.6 is 0 Å². The SMILES string of the molecule is CCC(=O)N(C)[C@H]1CC[C@H](N2CC(NC(=O)CNc3ncnc4ccc(C(F)(F)F)cc34)C2)CC1. The predicted octanol–water partition coefficient (Wildman–Crippen LogP) is 3.04. The molecule has 1 aliphatic heterocycles. The molecule has 2 amide bonds. The van der Waals surface area contributed by atoms with Gasteiger partial charge in [-0.05, 0) is 43.9 Å². The summed E-state index contributed by atoms with van der Waals surface area (Å²) in [5.74, 6) is 0.135. The van der Waals surface area contributed by atoms with Gasteiger partial charge in [-0.2, -0.15) is 13.2 Å². The summed E-state index contributed by atoms with van der Waals surface area (Å²) in [6, 6.07) is 4.09. The van der Waals surface area contributed by atoms with E-state index in [0.29, 0.717) is 24.0 Å². The summed E-state index contributed by atoms with van der Waals surface area (Å²) in [6.07, 6.45) is 1.37. The third-order valence-corrected chi connectivity index (χ3v) is 7.08. The Hall–Kier alpha value is -2.95. The molecular formula is C24H31F3N6O2. The largest absolute Gasteiger partial charge is 0.416 e. The summed E-state index contributed by atoms with van der Waals surface area (Å²) < 4.78 is 39.2. The van der Waals surface area contributed by atoms with Crippen LogP contribution in [0.15, 0.2) is 24.5 Å². The number of fused-ring (bicyclic) bond motifs is 1. The third-order valence-electron chi connectivity index (χ3n) is 7.08. The number of nitrogens with zero attached hydrogens (tertiary/aromatic N) is 4. The van der Waals surface area contributed by atoms with Crippen LogP contribution < -0.4 is 10.6 Å². The predicted molar refractivity (Wildman–Crippen MR) is 126 cm³/mol. The second kappa shape index (κ2) is 10.3. The Morgan fingerprint density at radius 2 is 1.86 bits per heavy atom. The molecule has 1 saturated carbocycles. The highest BCUT2D eigenvalue weighted by molar-refractivity contribution is 5.91. The van der Waals surface area contributed by atoms with Gasteiger partial charge in [0.15, 0.2) is 0 Å². The molecule has 0 spiro atoms. The molecule has 0 atom stereocenters. The van der Waals surface area contributed by atoms with Gasteiger partial charge in [0.1, 0.15) is 12.1 Å². The van der Waals surface area contributed by atoms with Crippen LogP contribution in [0.25, 0.3) is 10.9 Å². The van der Waals surface area contributed by atoms with E-state index in [0.717, 1.165) is 50.9 Å². The van der Waals surface area contributed by atoms with Crippen molar-refractivity contribution in [3.8, 4) is 0 Å². The molecule has 35 heavy (non-hydrogen) atoms. The van der Waals surface area contributed by atoms with Crippen molar-refractivity contribution in [3.63, 3.8) is 0 Å². The van der Waals surface area contributed by atoms with Crippen LogP contribution in [0.5, 0.6) is 0 Å². The van der Waals surface area contributed by atoms with E-state index in [1.807, 2.05) is 18.9 Å². The molecule has 2 N–H and O–H groups in total. The van der Waals surface area contributed by atoms with Crippen molar-refractivity contribution in [1.29, 1.82) is 0 Å². The lowest BCUT2D eigenvalue weighted by Gasteiger charge is -2.47. The molecule has 8 nitrogen and oxygen atoms in total. The van der Waals surface area contributed by atoms with Gasteiger partial charge in [0.2, 0.25) is 11.8 Å². The Balaban J connectivity index is 1.23. The summed E-state index contributed by atoms with van der Waals surface area (Å²) in [5, 5.41) is 6.03. The Morgan fingerprint density at radius 1 is 1.14 bits per heavy atom. The molecule has 2 fully saturated rings. The number of carbonyl (C=O) groups is 2. The molecule has 2 aromatic rings. The molecule has 2 aliphatic rings. The summed E-state index contributed by atoms with van der Waals surface area (Å²) in [6.45, 7) is 3.34. The Bertz CT molecular complexity index is 1060. The summed E-state index contributed by atoms with van der Waals surface area (Å²) in [5.41, 5.74) is -0.426. The molecule has 190 valence electrons. The number of anilines is 1. The Labute approximate surface area is 202 Å². The van der Waals surface area contributed by atoms with Crippen LogP contribution in [-0.2, 0) is 15.8 Å². The minimum atomic E-state index is -4.48. The van der Waals surface area contributed by atoms with E-state index in [-0.39, 0.29) is 35.6 Å². The number of amides is 2. The van der Waals surface area contributed by atoms with Gasteiger partial charge in [-0.15, -0.1) is 0 Å². The number of hydrogen-bond acceptors (Lipinski definition) is 6. The van der Waals surface area contributed by atoms with E-state index < -0.39 is 11.7 Å². The quantitative estimate of drug-likeness (QED) is 0.618. The highest BCUT2D eigenvalue weighted by Gasteiger charge is 2.36. The van der Waals surface area contributed by atoms with Crippen molar-refractivity contribution >= 4 is 28.5 Å². The fourth-order valence-corrected chi connectivity index (χ4v) is 4.98. The van der Waals surface area contributed by atoms with E-state index in [4.69, 9.17) is 0 Å². The maximum Gasteiger partial charge on any atom is 0.416 e. The summed E-state index contributed by atoms with van der Waals surface area (Å²) in [4.78, 5) is 36.6. The first-order chi connectivity index (χ1) is 16.7. The first kappa shape index (κ1) is 25.2. The number of halogens is 3. The standard InChI is InChI=1S/C24H31F3N6O2/c1-3-22(35)32(2)17-5-7-18(8-6-17)33-12-16(13-33)31-21(34)11-28-23-19-10-15(24(25,26)27)4-9-20(19)29-14-30-23/h4,9-10,14,16-18H,3,5-8,11-13H2,1-2H3,(H,31,34)(H,28,29,30)/t17-,18-. The normalized spacial score (nSPS) is 21.4. The van der Waals surface area contributed by atoms with Gasteiger partial charge in [-0.25, -0.2) is 9.97 Å². The maximum atomic E-state index is 13.1. The number of benzene rings is 1. The Kier molecular flexibility index (Phi) is 7.44. The monoisotopic (exact) mass is 492 g/mol. The van der Waals surface area contributed by atoms with Gasteiger partial charge in [0.25, 0.3) is 0 Å². The average Bonchev–Trinajstić information content (AvgIpc) is 2.83. The number of likely N-dealkylation sites (tertiary alicyclic amines) is 1. The van der Waals surface area contributed by atoms with Gasteiger partial charge >= 0.3 is 6.18 Å². The molecule has 1 saturated heterocycles. The van der Waals surface area contributed by atoms with Crippen LogP contribution in [0.2, 0.25) is 0 Å².